The predicted molar refractivity (Wildman–Crippen MR) is 81.6 cm³/mol. The number of aryl methyl sites for hydroxylation is 2. The standard InChI is InChI=1S/C16H20N2S/c1-16(2,3)17-10-14-18-15-12-7-5-4-6-11(12)8-9-13(15)19-14/h4-7,17H,8-10H2,1-3H3. The van der Waals surface area contributed by atoms with Crippen molar-refractivity contribution in [2.75, 3.05) is 0 Å². The van der Waals surface area contributed by atoms with Crippen molar-refractivity contribution in [3.05, 3.63) is 39.7 Å². The van der Waals surface area contributed by atoms with Crippen LogP contribution in [0.2, 0.25) is 0 Å². The molecule has 0 radical (unpaired) electrons. The fourth-order valence-electron chi connectivity index (χ4n) is 2.41. The van der Waals surface area contributed by atoms with Gasteiger partial charge in [-0.2, -0.15) is 0 Å². The number of thiazole rings is 1. The highest BCUT2D eigenvalue weighted by atomic mass is 32.1. The van der Waals surface area contributed by atoms with Gasteiger partial charge in [-0.25, -0.2) is 4.98 Å². The van der Waals surface area contributed by atoms with Crippen molar-refractivity contribution in [2.24, 2.45) is 0 Å². The van der Waals surface area contributed by atoms with Gasteiger partial charge in [-0.1, -0.05) is 24.3 Å². The molecule has 1 aromatic carbocycles. The van der Waals surface area contributed by atoms with Crippen LogP contribution < -0.4 is 5.32 Å². The van der Waals surface area contributed by atoms with E-state index in [0.717, 1.165) is 19.4 Å². The second-order valence-electron chi connectivity index (χ2n) is 6.14. The molecule has 0 unspecified atom stereocenters. The van der Waals surface area contributed by atoms with E-state index in [0.29, 0.717) is 0 Å². The molecular formula is C16H20N2S. The van der Waals surface area contributed by atoms with Crippen molar-refractivity contribution in [3.63, 3.8) is 0 Å². The van der Waals surface area contributed by atoms with E-state index in [1.165, 1.54) is 26.7 Å². The van der Waals surface area contributed by atoms with E-state index in [4.69, 9.17) is 4.98 Å². The monoisotopic (exact) mass is 272 g/mol. The summed E-state index contributed by atoms with van der Waals surface area (Å²) in [7, 11) is 0. The van der Waals surface area contributed by atoms with Crippen molar-refractivity contribution in [2.45, 2.75) is 45.7 Å². The highest BCUT2D eigenvalue weighted by Crippen LogP contribution is 2.36. The molecule has 1 N–H and O–H groups in total. The van der Waals surface area contributed by atoms with Gasteiger partial charge in [0.2, 0.25) is 0 Å². The van der Waals surface area contributed by atoms with Gasteiger partial charge in [0.1, 0.15) is 5.01 Å². The number of nitrogens with one attached hydrogen (secondary N) is 1. The highest BCUT2D eigenvalue weighted by Gasteiger charge is 2.20. The Bertz CT molecular complexity index is 593. The molecule has 0 atom stereocenters. The molecule has 0 aliphatic heterocycles. The molecule has 0 fully saturated rings. The van der Waals surface area contributed by atoms with E-state index in [2.05, 4.69) is 50.4 Å². The Morgan fingerprint density at radius 3 is 2.79 bits per heavy atom. The third-order valence-corrected chi connectivity index (χ3v) is 4.52. The zero-order valence-electron chi connectivity index (χ0n) is 11.8. The van der Waals surface area contributed by atoms with Gasteiger partial charge >= 0.3 is 0 Å². The van der Waals surface area contributed by atoms with Gasteiger partial charge in [0.25, 0.3) is 0 Å². The maximum atomic E-state index is 4.85. The lowest BCUT2D eigenvalue weighted by Crippen LogP contribution is -2.34. The highest BCUT2D eigenvalue weighted by molar-refractivity contribution is 7.12. The normalized spacial score (nSPS) is 14.1. The van der Waals surface area contributed by atoms with Crippen LogP contribution in [-0.4, -0.2) is 10.5 Å². The van der Waals surface area contributed by atoms with Crippen LogP contribution in [0.5, 0.6) is 0 Å². The zero-order valence-corrected chi connectivity index (χ0v) is 12.6. The Morgan fingerprint density at radius 2 is 2.00 bits per heavy atom. The number of nitrogens with zero attached hydrogens (tertiary/aromatic N) is 1. The summed E-state index contributed by atoms with van der Waals surface area (Å²) in [5.41, 5.74) is 4.14. The molecule has 1 aromatic heterocycles. The Balaban J connectivity index is 1.88. The molecule has 0 saturated heterocycles. The van der Waals surface area contributed by atoms with Gasteiger partial charge in [0.15, 0.2) is 0 Å². The Morgan fingerprint density at radius 1 is 1.21 bits per heavy atom. The number of hydrogen-bond donors (Lipinski definition) is 1. The molecule has 100 valence electrons. The minimum Gasteiger partial charge on any atom is -0.306 e. The lowest BCUT2D eigenvalue weighted by atomic mass is 9.94. The average Bonchev–Trinajstić information content (AvgIpc) is 2.79. The molecular weight excluding hydrogens is 252 g/mol. The second-order valence-corrected chi connectivity index (χ2v) is 7.31. The predicted octanol–water partition coefficient (Wildman–Crippen LogP) is 3.80. The fraction of sp³-hybridized carbons (Fsp3) is 0.438. The molecule has 3 heteroatoms. The van der Waals surface area contributed by atoms with Crippen molar-refractivity contribution in [1.29, 1.82) is 0 Å². The quantitative estimate of drug-likeness (QED) is 0.899. The van der Waals surface area contributed by atoms with Gasteiger partial charge in [-0.15, -0.1) is 11.3 Å². The maximum Gasteiger partial charge on any atom is 0.107 e. The van der Waals surface area contributed by atoms with E-state index < -0.39 is 0 Å². The van der Waals surface area contributed by atoms with Crippen LogP contribution in [0.4, 0.5) is 0 Å². The van der Waals surface area contributed by atoms with E-state index in [1.807, 2.05) is 11.3 Å². The first-order valence-corrected chi connectivity index (χ1v) is 7.66. The summed E-state index contributed by atoms with van der Waals surface area (Å²) < 4.78 is 0. The van der Waals surface area contributed by atoms with E-state index in [1.54, 1.807) is 0 Å². The van der Waals surface area contributed by atoms with Gasteiger partial charge in [0, 0.05) is 22.5 Å². The summed E-state index contributed by atoms with van der Waals surface area (Å²) >= 11 is 1.87. The summed E-state index contributed by atoms with van der Waals surface area (Å²) in [5, 5.41) is 4.72. The molecule has 1 aliphatic rings. The molecule has 2 aromatic rings. The van der Waals surface area contributed by atoms with Crippen molar-refractivity contribution < 1.29 is 0 Å². The minimum atomic E-state index is 0.143. The first-order valence-electron chi connectivity index (χ1n) is 6.85. The van der Waals surface area contributed by atoms with Gasteiger partial charge in [0.05, 0.1) is 5.69 Å². The maximum absolute atomic E-state index is 4.85. The lowest BCUT2D eigenvalue weighted by molar-refractivity contribution is 0.424. The summed E-state index contributed by atoms with van der Waals surface area (Å²) in [6.07, 6.45) is 2.29. The third-order valence-electron chi connectivity index (χ3n) is 3.41. The van der Waals surface area contributed by atoms with Crippen molar-refractivity contribution in [1.82, 2.24) is 10.3 Å². The number of aromatic nitrogens is 1. The summed E-state index contributed by atoms with van der Waals surface area (Å²) in [4.78, 5) is 6.30. The van der Waals surface area contributed by atoms with Gasteiger partial charge in [-0.05, 0) is 39.2 Å². The molecule has 2 nitrogen and oxygen atoms in total. The smallest absolute Gasteiger partial charge is 0.107 e. The number of hydrogen-bond acceptors (Lipinski definition) is 3. The van der Waals surface area contributed by atoms with Crippen LogP contribution in [0.25, 0.3) is 11.3 Å². The largest absolute Gasteiger partial charge is 0.306 e. The Labute approximate surface area is 118 Å². The molecule has 1 aliphatic carbocycles. The fourth-order valence-corrected chi connectivity index (χ4v) is 3.44. The number of rotatable bonds is 2. The van der Waals surface area contributed by atoms with Crippen molar-refractivity contribution in [3.8, 4) is 11.3 Å². The molecule has 0 spiro atoms. The van der Waals surface area contributed by atoms with Crippen LogP contribution in [0.1, 0.15) is 36.2 Å². The first kappa shape index (κ1) is 12.8. The van der Waals surface area contributed by atoms with Crippen LogP contribution in [0, 0.1) is 0 Å². The topological polar surface area (TPSA) is 24.9 Å². The first-order chi connectivity index (χ1) is 9.03. The molecule has 1 heterocycles. The summed E-state index contributed by atoms with van der Waals surface area (Å²) in [5.74, 6) is 0. The molecule has 19 heavy (non-hydrogen) atoms. The van der Waals surface area contributed by atoms with Gasteiger partial charge in [-0.3, -0.25) is 0 Å². The SMILES string of the molecule is CC(C)(C)NCc1nc2c(s1)CCc1ccccc1-2. The molecule has 0 saturated carbocycles. The van der Waals surface area contributed by atoms with E-state index in [-0.39, 0.29) is 5.54 Å². The second kappa shape index (κ2) is 4.73. The number of benzene rings is 1. The summed E-state index contributed by atoms with van der Waals surface area (Å²) in [6.45, 7) is 7.44. The third kappa shape index (κ3) is 2.72. The summed E-state index contributed by atoms with van der Waals surface area (Å²) in [6, 6.07) is 8.66. The molecule has 3 rings (SSSR count). The Hall–Kier alpha value is -1.19. The van der Waals surface area contributed by atoms with E-state index >= 15 is 0 Å². The van der Waals surface area contributed by atoms with Crippen LogP contribution in [-0.2, 0) is 19.4 Å². The van der Waals surface area contributed by atoms with Gasteiger partial charge < -0.3 is 5.32 Å². The lowest BCUT2D eigenvalue weighted by Gasteiger charge is -2.19. The minimum absolute atomic E-state index is 0.143. The molecule has 0 bridgehead atoms. The van der Waals surface area contributed by atoms with Crippen LogP contribution >= 0.6 is 11.3 Å². The Kier molecular flexibility index (Phi) is 3.19. The number of fused-ring (bicyclic) bond motifs is 3. The van der Waals surface area contributed by atoms with Crippen molar-refractivity contribution >= 4 is 11.3 Å². The average molecular weight is 272 g/mol. The molecule has 0 amide bonds. The van der Waals surface area contributed by atoms with Crippen LogP contribution in [0.15, 0.2) is 24.3 Å². The van der Waals surface area contributed by atoms with Crippen LogP contribution in [0.3, 0.4) is 0 Å². The van der Waals surface area contributed by atoms with E-state index in [9.17, 15) is 0 Å². The zero-order chi connectivity index (χ0) is 13.5.